The quantitative estimate of drug-likeness (QED) is 0.333. The van der Waals surface area contributed by atoms with Crippen LogP contribution in [-0.2, 0) is 0 Å². The lowest BCUT2D eigenvalue weighted by Gasteiger charge is -2.46. The van der Waals surface area contributed by atoms with Crippen molar-refractivity contribution in [3.05, 3.63) is 72.1 Å². The van der Waals surface area contributed by atoms with Gasteiger partial charge in [-0.1, -0.05) is 18.2 Å². The Morgan fingerprint density at radius 1 is 1.00 bits per heavy atom. The maximum absolute atomic E-state index is 8.88. The average molecular weight is 486 g/mol. The molecule has 8 nitrogen and oxygen atoms in total. The molecule has 2 aliphatic rings. The van der Waals surface area contributed by atoms with Crippen LogP contribution in [0.3, 0.4) is 0 Å². The largest absolute Gasteiger partial charge is 0.457 e. The molecule has 2 aromatic carbocycles. The highest BCUT2D eigenvalue weighted by molar-refractivity contribution is 6.16. The van der Waals surface area contributed by atoms with Gasteiger partial charge in [0.2, 0.25) is 0 Å². The first-order valence-electron chi connectivity index (χ1n) is 12.8. The third-order valence-corrected chi connectivity index (χ3v) is 7.42. The Bertz CT molecular complexity index is 1150. The van der Waals surface area contributed by atoms with Gasteiger partial charge in [0.25, 0.3) is 0 Å². The molecule has 2 heterocycles. The van der Waals surface area contributed by atoms with E-state index in [4.69, 9.17) is 21.6 Å². The summed E-state index contributed by atoms with van der Waals surface area (Å²) >= 11 is 0. The van der Waals surface area contributed by atoms with Gasteiger partial charge in [0.05, 0.1) is 11.3 Å². The number of piperidine rings is 1. The predicted molar refractivity (Wildman–Crippen MR) is 144 cm³/mol. The number of nitrogens with zero attached hydrogens (tertiary/aromatic N) is 3. The zero-order valence-electron chi connectivity index (χ0n) is 20.6. The Kier molecular flexibility index (Phi) is 7.44. The second-order valence-electron chi connectivity index (χ2n) is 9.82. The van der Waals surface area contributed by atoms with Gasteiger partial charge in [0, 0.05) is 30.7 Å². The number of hydrogen-bond acceptors (Lipinski definition) is 8. The van der Waals surface area contributed by atoms with Gasteiger partial charge in [0.15, 0.2) is 0 Å². The molecule has 8 heteroatoms. The minimum absolute atomic E-state index is 0.291. The van der Waals surface area contributed by atoms with E-state index in [0.717, 1.165) is 62.2 Å². The molecule has 2 fully saturated rings. The van der Waals surface area contributed by atoms with Crippen molar-refractivity contribution in [2.75, 3.05) is 30.7 Å². The fraction of sp³-hybridized carbons (Fsp3) is 0.393. The smallest absolute Gasteiger partial charge is 0.141 e. The fourth-order valence-electron chi connectivity index (χ4n) is 5.29. The van der Waals surface area contributed by atoms with Crippen LogP contribution in [0.1, 0.15) is 43.2 Å². The van der Waals surface area contributed by atoms with Crippen molar-refractivity contribution in [2.45, 2.75) is 44.2 Å². The third kappa shape index (κ3) is 5.50. The highest BCUT2D eigenvalue weighted by Crippen LogP contribution is 2.35. The van der Waals surface area contributed by atoms with E-state index in [9.17, 15) is 0 Å². The number of nitrogens with one attached hydrogen (secondary N) is 2. The van der Waals surface area contributed by atoms with Gasteiger partial charge in [-0.15, -0.1) is 0 Å². The summed E-state index contributed by atoms with van der Waals surface area (Å²) in [5.74, 6) is 3.22. The van der Waals surface area contributed by atoms with Crippen molar-refractivity contribution in [1.29, 1.82) is 5.41 Å². The molecule has 0 bridgehead atoms. The first kappa shape index (κ1) is 24.2. The highest BCUT2D eigenvalue weighted by atomic mass is 16.5. The second kappa shape index (κ2) is 11.1. The summed E-state index contributed by atoms with van der Waals surface area (Å²) in [6.45, 7) is 2.95. The summed E-state index contributed by atoms with van der Waals surface area (Å²) in [6.07, 6.45) is 7.27. The number of benzene rings is 2. The van der Waals surface area contributed by atoms with Crippen molar-refractivity contribution < 1.29 is 4.74 Å². The molecule has 36 heavy (non-hydrogen) atoms. The Labute approximate surface area is 212 Å². The zero-order chi connectivity index (χ0) is 24.9. The van der Waals surface area contributed by atoms with Crippen LogP contribution < -0.4 is 21.5 Å². The minimum Gasteiger partial charge on any atom is -0.457 e. The standard InChI is InChI=1S/C28H35N7O/c29-13-10-19-16-22(17-19)35-14-11-21(12-15-35)34-28-25(27(31)32-18-33-28)26(30)20-6-8-24(9-7-20)36-23-4-2-1-3-5-23/h1-9,18-19,21-22,30H,10-17,29H2,(H3,31,32,33,34). The number of anilines is 2. The molecule has 0 unspecified atom stereocenters. The molecule has 1 aliphatic carbocycles. The van der Waals surface area contributed by atoms with Crippen LogP contribution in [0.2, 0.25) is 0 Å². The van der Waals surface area contributed by atoms with E-state index in [0.29, 0.717) is 34.7 Å². The first-order valence-corrected chi connectivity index (χ1v) is 12.8. The molecule has 1 saturated heterocycles. The van der Waals surface area contributed by atoms with E-state index in [1.165, 1.54) is 19.2 Å². The third-order valence-electron chi connectivity index (χ3n) is 7.42. The minimum atomic E-state index is 0.291. The lowest BCUT2D eigenvalue weighted by molar-refractivity contribution is 0.0570. The number of rotatable bonds is 9. The monoisotopic (exact) mass is 485 g/mol. The Balaban J connectivity index is 1.22. The van der Waals surface area contributed by atoms with Gasteiger partial charge in [-0.2, -0.15) is 0 Å². The van der Waals surface area contributed by atoms with Gasteiger partial charge in [-0.05, 0) is 81.0 Å². The Hall–Kier alpha value is -3.49. The number of ether oxygens (including phenoxy) is 1. The van der Waals surface area contributed by atoms with Gasteiger partial charge >= 0.3 is 0 Å². The maximum atomic E-state index is 8.88. The molecule has 0 radical (unpaired) electrons. The summed E-state index contributed by atoms with van der Waals surface area (Å²) in [4.78, 5) is 11.3. The molecule has 0 spiro atoms. The second-order valence-corrected chi connectivity index (χ2v) is 9.82. The molecule has 1 saturated carbocycles. The number of nitrogens with two attached hydrogens (primary N) is 2. The summed E-state index contributed by atoms with van der Waals surface area (Å²) in [5, 5.41) is 12.4. The van der Waals surface area contributed by atoms with E-state index >= 15 is 0 Å². The van der Waals surface area contributed by atoms with E-state index in [1.54, 1.807) is 0 Å². The zero-order valence-corrected chi connectivity index (χ0v) is 20.6. The molecule has 5 rings (SSSR count). The number of nitrogen functional groups attached to an aromatic ring is 1. The predicted octanol–water partition coefficient (Wildman–Crippen LogP) is 4.27. The molecular formula is C28H35N7O. The Morgan fingerprint density at radius 2 is 1.69 bits per heavy atom. The van der Waals surface area contributed by atoms with Gasteiger partial charge in [-0.25, -0.2) is 9.97 Å². The van der Waals surface area contributed by atoms with Gasteiger partial charge < -0.3 is 26.4 Å². The normalized spacial score (nSPS) is 20.5. The number of likely N-dealkylation sites (tertiary alicyclic amines) is 1. The van der Waals surface area contributed by atoms with Crippen LogP contribution in [-0.4, -0.2) is 52.3 Å². The van der Waals surface area contributed by atoms with Crippen molar-refractivity contribution in [3.63, 3.8) is 0 Å². The Morgan fingerprint density at radius 3 is 2.39 bits per heavy atom. The van der Waals surface area contributed by atoms with E-state index in [2.05, 4.69) is 20.2 Å². The van der Waals surface area contributed by atoms with Crippen molar-refractivity contribution in [1.82, 2.24) is 14.9 Å². The molecule has 1 aliphatic heterocycles. The average Bonchev–Trinajstić information content (AvgIpc) is 2.87. The van der Waals surface area contributed by atoms with Crippen LogP contribution in [0, 0.1) is 11.3 Å². The lowest BCUT2D eigenvalue weighted by Crippen LogP contribution is -2.50. The molecule has 0 amide bonds. The number of para-hydroxylation sites is 1. The number of hydrogen-bond donors (Lipinski definition) is 4. The topological polar surface area (TPSA) is 126 Å². The molecule has 188 valence electrons. The van der Waals surface area contributed by atoms with Gasteiger partial charge in [-0.3, -0.25) is 5.41 Å². The van der Waals surface area contributed by atoms with E-state index in [1.807, 2.05) is 54.6 Å². The van der Waals surface area contributed by atoms with Crippen molar-refractivity contribution in [3.8, 4) is 11.5 Å². The lowest BCUT2D eigenvalue weighted by atomic mass is 9.76. The van der Waals surface area contributed by atoms with Crippen LogP contribution >= 0.6 is 0 Å². The molecule has 1 aromatic heterocycles. The van der Waals surface area contributed by atoms with Crippen molar-refractivity contribution in [2.24, 2.45) is 11.7 Å². The van der Waals surface area contributed by atoms with Crippen LogP contribution in [0.25, 0.3) is 0 Å². The van der Waals surface area contributed by atoms with Crippen LogP contribution in [0.4, 0.5) is 11.6 Å². The molecule has 6 N–H and O–H groups in total. The summed E-state index contributed by atoms with van der Waals surface area (Å²) in [7, 11) is 0. The summed E-state index contributed by atoms with van der Waals surface area (Å²) in [6, 6.07) is 18.1. The molecule has 0 atom stereocenters. The SMILES string of the molecule is N=C(c1ccc(Oc2ccccc2)cc1)c1c(N)ncnc1NC1CCN(C2CC(CCN)C2)CC1. The van der Waals surface area contributed by atoms with Crippen LogP contribution in [0.5, 0.6) is 11.5 Å². The maximum Gasteiger partial charge on any atom is 0.141 e. The van der Waals surface area contributed by atoms with Crippen molar-refractivity contribution >= 4 is 17.3 Å². The van der Waals surface area contributed by atoms with Crippen LogP contribution in [0.15, 0.2) is 60.9 Å². The van der Waals surface area contributed by atoms with E-state index < -0.39 is 0 Å². The van der Waals surface area contributed by atoms with Gasteiger partial charge in [0.1, 0.15) is 29.5 Å². The van der Waals surface area contributed by atoms with E-state index in [-0.39, 0.29) is 0 Å². The first-order chi connectivity index (χ1) is 17.6. The molecular weight excluding hydrogens is 450 g/mol. The highest BCUT2D eigenvalue weighted by Gasteiger charge is 2.35. The molecule has 3 aromatic rings. The summed E-state index contributed by atoms with van der Waals surface area (Å²) < 4.78 is 5.88. The summed E-state index contributed by atoms with van der Waals surface area (Å²) in [5.41, 5.74) is 13.5. The number of aromatic nitrogens is 2. The fourth-order valence-corrected chi connectivity index (χ4v) is 5.29.